The lowest BCUT2D eigenvalue weighted by molar-refractivity contribution is 0.414. The van der Waals surface area contributed by atoms with Gasteiger partial charge in [-0.3, -0.25) is 4.72 Å². The van der Waals surface area contributed by atoms with E-state index in [0.29, 0.717) is 18.1 Å². The topological polar surface area (TPSA) is 73.2 Å². The highest BCUT2D eigenvalue weighted by atomic mass is 32.2. The van der Waals surface area contributed by atoms with Gasteiger partial charge in [-0.25, -0.2) is 13.1 Å². The molecule has 0 amide bonds. The van der Waals surface area contributed by atoms with Crippen molar-refractivity contribution in [2.24, 2.45) is 0 Å². The highest BCUT2D eigenvalue weighted by molar-refractivity contribution is 7.92. The Kier molecular flexibility index (Phi) is 4.76. The van der Waals surface area contributed by atoms with Crippen molar-refractivity contribution >= 4 is 15.8 Å². The minimum atomic E-state index is -3.71. The van der Waals surface area contributed by atoms with Gasteiger partial charge >= 0.3 is 0 Å². The maximum Gasteiger partial charge on any atom is 0.263 e. The molecule has 0 aliphatic carbocycles. The van der Waals surface area contributed by atoms with Gasteiger partial charge in [0.25, 0.3) is 10.0 Å². The van der Waals surface area contributed by atoms with Crippen molar-refractivity contribution in [2.75, 3.05) is 11.8 Å². The summed E-state index contributed by atoms with van der Waals surface area (Å²) in [4.78, 5) is 0.165. The molecule has 0 fully saturated rings. The third kappa shape index (κ3) is 4.00. The molecule has 1 N–H and O–H groups in total. The predicted octanol–water partition coefficient (Wildman–Crippen LogP) is 3.05. The minimum absolute atomic E-state index is 0.165. The number of nitrogens with zero attached hydrogens (tertiary/aromatic N) is 2. The van der Waals surface area contributed by atoms with E-state index in [1.54, 1.807) is 22.9 Å². The highest BCUT2D eigenvalue weighted by Crippen LogP contribution is 2.20. The third-order valence-corrected chi connectivity index (χ3v) is 5.06. The molecule has 0 saturated heterocycles. The van der Waals surface area contributed by atoms with E-state index < -0.39 is 10.0 Å². The van der Waals surface area contributed by atoms with Crippen molar-refractivity contribution in [3.8, 4) is 5.75 Å². The molecule has 0 atom stereocenters. The van der Waals surface area contributed by atoms with E-state index in [2.05, 4.69) is 9.82 Å². The van der Waals surface area contributed by atoms with Gasteiger partial charge in [0, 0.05) is 6.07 Å². The Morgan fingerprint density at radius 1 is 1.08 bits per heavy atom. The normalized spacial score (nSPS) is 11.3. The fraction of sp³-hybridized carbons (Fsp3) is 0.167. The van der Waals surface area contributed by atoms with E-state index in [1.807, 2.05) is 37.3 Å². The van der Waals surface area contributed by atoms with Crippen molar-refractivity contribution in [3.63, 3.8) is 0 Å². The van der Waals surface area contributed by atoms with Crippen LogP contribution >= 0.6 is 0 Å². The molecule has 6 nitrogen and oxygen atoms in total. The van der Waals surface area contributed by atoms with Crippen LogP contribution in [-0.4, -0.2) is 25.3 Å². The number of nitrogens with one attached hydrogen (secondary N) is 1. The van der Waals surface area contributed by atoms with Gasteiger partial charge in [-0.1, -0.05) is 30.3 Å². The summed E-state index contributed by atoms with van der Waals surface area (Å²) in [6, 6.07) is 17.7. The van der Waals surface area contributed by atoms with Crippen LogP contribution in [0, 0.1) is 6.92 Å². The van der Waals surface area contributed by atoms with E-state index in [0.717, 1.165) is 11.3 Å². The second-order valence-electron chi connectivity index (χ2n) is 5.60. The number of ether oxygens (including phenoxy) is 1. The molecule has 0 radical (unpaired) electrons. The molecule has 0 bridgehead atoms. The first-order valence-corrected chi connectivity index (χ1v) is 9.21. The van der Waals surface area contributed by atoms with Crippen LogP contribution in [-0.2, 0) is 16.6 Å². The Morgan fingerprint density at radius 3 is 2.40 bits per heavy atom. The number of benzene rings is 2. The molecule has 1 aromatic heterocycles. The van der Waals surface area contributed by atoms with E-state index in [4.69, 9.17) is 4.74 Å². The zero-order valence-electron chi connectivity index (χ0n) is 14.0. The Labute approximate surface area is 147 Å². The quantitative estimate of drug-likeness (QED) is 0.736. The second-order valence-corrected chi connectivity index (χ2v) is 7.28. The molecule has 3 aromatic rings. The number of anilines is 1. The second kappa shape index (κ2) is 6.98. The Morgan fingerprint density at radius 2 is 1.76 bits per heavy atom. The molecule has 25 heavy (non-hydrogen) atoms. The lowest BCUT2D eigenvalue weighted by Gasteiger charge is -2.11. The van der Waals surface area contributed by atoms with E-state index >= 15 is 0 Å². The van der Waals surface area contributed by atoms with Crippen molar-refractivity contribution in [1.29, 1.82) is 0 Å². The fourth-order valence-corrected chi connectivity index (χ4v) is 3.51. The van der Waals surface area contributed by atoms with Gasteiger partial charge in [0.15, 0.2) is 0 Å². The van der Waals surface area contributed by atoms with E-state index in [1.165, 1.54) is 19.2 Å². The maximum atomic E-state index is 12.6. The van der Waals surface area contributed by atoms with E-state index in [9.17, 15) is 8.42 Å². The van der Waals surface area contributed by atoms with Crippen LogP contribution < -0.4 is 9.46 Å². The number of aromatic nitrogens is 2. The Hall–Kier alpha value is -2.80. The highest BCUT2D eigenvalue weighted by Gasteiger charge is 2.17. The summed E-state index contributed by atoms with van der Waals surface area (Å²) in [7, 11) is -2.17. The van der Waals surface area contributed by atoms with Gasteiger partial charge in [-0.15, -0.1) is 0 Å². The molecule has 0 spiro atoms. The van der Waals surface area contributed by atoms with Crippen LogP contribution in [0.1, 0.15) is 11.3 Å². The molecule has 0 aliphatic heterocycles. The molecular weight excluding hydrogens is 338 g/mol. The summed E-state index contributed by atoms with van der Waals surface area (Å²) in [6.45, 7) is 2.31. The van der Waals surface area contributed by atoms with Crippen LogP contribution in [0.5, 0.6) is 5.75 Å². The molecule has 1 heterocycles. The predicted molar refractivity (Wildman–Crippen MR) is 96.3 cm³/mol. The summed E-state index contributed by atoms with van der Waals surface area (Å²) < 4.78 is 34.6. The molecule has 7 heteroatoms. The number of rotatable bonds is 6. The molecular formula is C18H19N3O3S. The van der Waals surface area contributed by atoms with Gasteiger partial charge in [0.05, 0.1) is 24.2 Å². The standard InChI is InChI=1S/C18H19N3O3S/c1-14-12-18(21(19-14)13-15-6-4-3-5-7-15)20-25(22,23)17-10-8-16(24-2)9-11-17/h3-12,20H,13H2,1-2H3. The number of hydrogen-bond acceptors (Lipinski definition) is 4. The van der Waals surface area contributed by atoms with Gasteiger partial charge in [-0.05, 0) is 36.8 Å². The first-order chi connectivity index (χ1) is 12.0. The van der Waals surface area contributed by atoms with Crippen LogP contribution in [0.2, 0.25) is 0 Å². The molecule has 0 aliphatic rings. The first-order valence-electron chi connectivity index (χ1n) is 7.73. The van der Waals surface area contributed by atoms with Gasteiger partial charge in [0.1, 0.15) is 11.6 Å². The average molecular weight is 357 g/mol. The number of methoxy groups -OCH3 is 1. The van der Waals surface area contributed by atoms with Crippen LogP contribution in [0.15, 0.2) is 65.6 Å². The summed E-state index contributed by atoms with van der Waals surface area (Å²) in [5.74, 6) is 1.03. The monoisotopic (exact) mass is 357 g/mol. The summed E-state index contributed by atoms with van der Waals surface area (Å²) in [6.07, 6.45) is 0. The molecule has 2 aromatic carbocycles. The van der Waals surface area contributed by atoms with Gasteiger partial charge in [0.2, 0.25) is 0 Å². The van der Waals surface area contributed by atoms with E-state index in [-0.39, 0.29) is 4.90 Å². The zero-order chi connectivity index (χ0) is 17.9. The fourth-order valence-electron chi connectivity index (χ4n) is 2.46. The summed E-state index contributed by atoms with van der Waals surface area (Å²) in [5.41, 5.74) is 1.78. The SMILES string of the molecule is COc1ccc(S(=O)(=O)Nc2cc(C)nn2Cc2ccccc2)cc1. The summed E-state index contributed by atoms with van der Waals surface area (Å²) in [5, 5.41) is 4.38. The minimum Gasteiger partial charge on any atom is -0.497 e. The lowest BCUT2D eigenvalue weighted by atomic mass is 10.2. The van der Waals surface area contributed by atoms with Gasteiger partial charge in [-0.2, -0.15) is 5.10 Å². The first kappa shape index (κ1) is 17.0. The number of hydrogen-bond donors (Lipinski definition) is 1. The van der Waals surface area contributed by atoms with Crippen molar-refractivity contribution < 1.29 is 13.2 Å². The van der Waals surface area contributed by atoms with Crippen molar-refractivity contribution in [1.82, 2.24) is 9.78 Å². The average Bonchev–Trinajstić information content (AvgIpc) is 2.94. The Balaban J connectivity index is 1.86. The van der Waals surface area contributed by atoms with Crippen molar-refractivity contribution in [2.45, 2.75) is 18.4 Å². The van der Waals surface area contributed by atoms with Crippen molar-refractivity contribution in [3.05, 3.63) is 71.9 Å². The molecule has 0 saturated carbocycles. The maximum absolute atomic E-state index is 12.6. The van der Waals surface area contributed by atoms with Crippen LogP contribution in [0.25, 0.3) is 0 Å². The smallest absolute Gasteiger partial charge is 0.263 e. The lowest BCUT2D eigenvalue weighted by Crippen LogP contribution is -2.16. The van der Waals surface area contributed by atoms with Crippen LogP contribution in [0.3, 0.4) is 0 Å². The molecule has 0 unspecified atom stereocenters. The zero-order valence-corrected chi connectivity index (χ0v) is 14.8. The molecule has 130 valence electrons. The Bertz CT molecular complexity index is 949. The molecule has 3 rings (SSSR count). The van der Waals surface area contributed by atoms with Gasteiger partial charge < -0.3 is 4.74 Å². The third-order valence-electron chi connectivity index (χ3n) is 3.69. The largest absolute Gasteiger partial charge is 0.497 e. The van der Waals surface area contributed by atoms with Crippen LogP contribution in [0.4, 0.5) is 5.82 Å². The number of sulfonamides is 1. The number of aryl methyl sites for hydroxylation is 1. The summed E-state index contributed by atoms with van der Waals surface area (Å²) >= 11 is 0.